The Morgan fingerprint density at radius 3 is 2.44 bits per heavy atom. The molecule has 1 aliphatic rings. The van der Waals surface area contributed by atoms with Crippen molar-refractivity contribution in [3.05, 3.63) is 35.4 Å². The van der Waals surface area contributed by atoms with Gasteiger partial charge in [-0.05, 0) is 12.1 Å². The van der Waals surface area contributed by atoms with Crippen LogP contribution >= 0.6 is 0 Å². The molecule has 0 radical (unpaired) electrons. The second kappa shape index (κ2) is 3.72. The number of carbonyl (C=O) groups is 1. The van der Waals surface area contributed by atoms with Gasteiger partial charge in [-0.15, -0.1) is 0 Å². The van der Waals surface area contributed by atoms with E-state index in [0.717, 1.165) is 6.07 Å². The minimum atomic E-state index is -5.52. The molecule has 0 saturated heterocycles. The summed E-state index contributed by atoms with van der Waals surface area (Å²) in [6, 6.07) is 5.20. The predicted octanol–water partition coefficient (Wildman–Crippen LogP) is 1.44. The van der Waals surface area contributed by atoms with Crippen molar-refractivity contribution in [1.29, 1.82) is 0 Å². The fourth-order valence-electron chi connectivity index (χ4n) is 1.55. The van der Waals surface area contributed by atoms with Gasteiger partial charge in [-0.25, -0.2) is 0 Å². The van der Waals surface area contributed by atoms with Crippen LogP contribution in [0.3, 0.4) is 0 Å². The zero-order valence-electron chi connectivity index (χ0n) is 8.62. The summed E-state index contributed by atoms with van der Waals surface area (Å²) in [7, 11) is 0. The van der Waals surface area contributed by atoms with Gasteiger partial charge in [0.25, 0.3) is 0 Å². The highest BCUT2D eigenvalue weighted by Gasteiger charge is 2.63. The molecule has 0 N–H and O–H groups in total. The lowest BCUT2D eigenvalue weighted by molar-refractivity contribution is -0.318. The number of carboxylic acids is 1. The van der Waals surface area contributed by atoms with E-state index < -0.39 is 23.6 Å². The normalized spacial score (nSPS) is 22.8. The molecule has 3 nitrogen and oxygen atoms in total. The quantitative estimate of drug-likeness (QED) is 0.719. The van der Waals surface area contributed by atoms with Crippen LogP contribution in [0.2, 0.25) is 0 Å². The van der Waals surface area contributed by atoms with E-state index in [2.05, 4.69) is 4.74 Å². The lowest BCUT2D eigenvalue weighted by Crippen LogP contribution is -2.53. The SMILES string of the molecule is O=C([O-])C1=Cc2ccccc2OC1(F)C(F)(F)F. The molecule has 1 aliphatic heterocycles. The van der Waals surface area contributed by atoms with Gasteiger partial charge in [0, 0.05) is 5.56 Å². The zero-order chi connectivity index (χ0) is 13.6. The van der Waals surface area contributed by atoms with E-state index in [4.69, 9.17) is 0 Å². The molecule has 1 aromatic carbocycles. The summed E-state index contributed by atoms with van der Waals surface area (Å²) >= 11 is 0. The van der Waals surface area contributed by atoms with Crippen molar-refractivity contribution in [1.82, 2.24) is 0 Å². The summed E-state index contributed by atoms with van der Waals surface area (Å²) in [5.74, 6) is -7.06. The molecule has 96 valence electrons. The van der Waals surface area contributed by atoms with Gasteiger partial charge < -0.3 is 14.6 Å². The molecule has 0 aromatic heterocycles. The van der Waals surface area contributed by atoms with Crippen molar-refractivity contribution in [3.63, 3.8) is 0 Å². The number of benzene rings is 1. The Bertz CT molecular complexity index is 535. The van der Waals surface area contributed by atoms with Gasteiger partial charge in [-0.2, -0.15) is 17.6 Å². The Kier molecular flexibility index (Phi) is 2.57. The number of carbonyl (C=O) groups excluding carboxylic acids is 1. The molecular formula is C11H5F4O3-. The Labute approximate surface area is 98.3 Å². The van der Waals surface area contributed by atoms with E-state index in [1.807, 2.05) is 0 Å². The number of rotatable bonds is 1. The van der Waals surface area contributed by atoms with E-state index >= 15 is 0 Å². The average Bonchev–Trinajstić information content (AvgIpc) is 2.26. The fourth-order valence-corrected chi connectivity index (χ4v) is 1.55. The van der Waals surface area contributed by atoms with E-state index in [1.165, 1.54) is 18.2 Å². The first kappa shape index (κ1) is 12.4. The molecule has 0 spiro atoms. The van der Waals surface area contributed by atoms with Crippen molar-refractivity contribution in [2.45, 2.75) is 12.0 Å². The topological polar surface area (TPSA) is 49.4 Å². The highest BCUT2D eigenvalue weighted by Crippen LogP contribution is 2.45. The molecule has 2 rings (SSSR count). The molecule has 1 atom stereocenters. The Morgan fingerprint density at radius 1 is 1.28 bits per heavy atom. The van der Waals surface area contributed by atoms with Crippen molar-refractivity contribution in [2.75, 3.05) is 0 Å². The monoisotopic (exact) mass is 261 g/mol. The number of para-hydroxylation sites is 1. The van der Waals surface area contributed by atoms with Gasteiger partial charge in [-0.1, -0.05) is 18.2 Å². The molecule has 0 bridgehead atoms. The van der Waals surface area contributed by atoms with Crippen molar-refractivity contribution in [2.24, 2.45) is 0 Å². The molecule has 0 amide bonds. The van der Waals surface area contributed by atoms with Crippen LogP contribution in [0.5, 0.6) is 5.75 Å². The summed E-state index contributed by atoms with van der Waals surface area (Å²) in [5, 5.41) is 10.6. The first-order valence-corrected chi connectivity index (χ1v) is 4.73. The highest BCUT2D eigenvalue weighted by atomic mass is 19.4. The smallest absolute Gasteiger partial charge is 0.465 e. The van der Waals surface area contributed by atoms with E-state index in [-0.39, 0.29) is 11.3 Å². The average molecular weight is 261 g/mol. The van der Waals surface area contributed by atoms with Gasteiger partial charge in [-0.3, -0.25) is 0 Å². The van der Waals surface area contributed by atoms with Crippen LogP contribution in [0.25, 0.3) is 6.08 Å². The number of hydrogen-bond acceptors (Lipinski definition) is 3. The van der Waals surface area contributed by atoms with Gasteiger partial charge in [0.15, 0.2) is 0 Å². The van der Waals surface area contributed by atoms with Crippen LogP contribution in [-0.2, 0) is 4.79 Å². The Hall–Kier alpha value is -2.05. The molecule has 0 saturated carbocycles. The number of ether oxygens (including phenoxy) is 1. The molecule has 7 heteroatoms. The molecule has 1 unspecified atom stereocenters. The van der Waals surface area contributed by atoms with E-state index in [9.17, 15) is 27.5 Å². The fraction of sp³-hybridized carbons (Fsp3) is 0.182. The summed E-state index contributed by atoms with van der Waals surface area (Å²) in [4.78, 5) is 10.6. The van der Waals surface area contributed by atoms with Crippen LogP contribution in [0.1, 0.15) is 5.56 Å². The summed E-state index contributed by atoms with van der Waals surface area (Å²) in [6.45, 7) is 0. The predicted molar refractivity (Wildman–Crippen MR) is 49.9 cm³/mol. The van der Waals surface area contributed by atoms with Crippen LogP contribution in [0.15, 0.2) is 29.8 Å². The standard InChI is InChI=1S/C11H6F4O3/c12-10(11(13,14)15)7(9(16)17)5-6-3-1-2-4-8(6)18-10/h1-5H,(H,16,17)/p-1. The third-order valence-electron chi connectivity index (χ3n) is 2.40. The second-order valence-electron chi connectivity index (χ2n) is 3.58. The van der Waals surface area contributed by atoms with Gasteiger partial charge >= 0.3 is 12.0 Å². The Balaban J connectivity index is 2.63. The number of aliphatic carboxylic acids is 1. The summed E-state index contributed by atoms with van der Waals surface area (Å²) in [5.41, 5.74) is -1.57. The highest BCUT2D eigenvalue weighted by molar-refractivity contribution is 5.94. The molecule has 1 heterocycles. The first-order chi connectivity index (χ1) is 8.25. The molecule has 0 aliphatic carbocycles. The summed E-state index contributed by atoms with van der Waals surface area (Å²) in [6.07, 6.45) is -4.96. The molecule has 0 fully saturated rings. The van der Waals surface area contributed by atoms with Crippen LogP contribution in [0.4, 0.5) is 17.6 Å². The minimum Gasteiger partial charge on any atom is -0.545 e. The van der Waals surface area contributed by atoms with E-state index in [1.54, 1.807) is 0 Å². The number of alkyl halides is 4. The second-order valence-corrected chi connectivity index (χ2v) is 3.58. The van der Waals surface area contributed by atoms with Gasteiger partial charge in [0.2, 0.25) is 0 Å². The number of carboxylic acid groups (broad SMARTS) is 1. The zero-order valence-corrected chi connectivity index (χ0v) is 8.62. The number of halogens is 4. The maximum atomic E-state index is 13.8. The third kappa shape index (κ3) is 1.71. The third-order valence-corrected chi connectivity index (χ3v) is 2.40. The molecule has 1 aromatic rings. The van der Waals surface area contributed by atoms with Crippen LogP contribution in [-0.4, -0.2) is 18.0 Å². The van der Waals surface area contributed by atoms with Crippen molar-refractivity contribution in [3.8, 4) is 5.75 Å². The van der Waals surface area contributed by atoms with Gasteiger partial charge in [0.1, 0.15) is 5.75 Å². The Morgan fingerprint density at radius 2 is 1.89 bits per heavy atom. The summed E-state index contributed by atoms with van der Waals surface area (Å²) < 4.78 is 55.8. The van der Waals surface area contributed by atoms with Crippen molar-refractivity contribution >= 4 is 12.0 Å². The van der Waals surface area contributed by atoms with Crippen molar-refractivity contribution < 1.29 is 32.2 Å². The van der Waals surface area contributed by atoms with Crippen LogP contribution < -0.4 is 9.84 Å². The largest absolute Gasteiger partial charge is 0.545 e. The first-order valence-electron chi connectivity index (χ1n) is 4.73. The van der Waals surface area contributed by atoms with Gasteiger partial charge in [0.05, 0.1) is 11.5 Å². The van der Waals surface area contributed by atoms with Crippen LogP contribution in [0, 0.1) is 0 Å². The lowest BCUT2D eigenvalue weighted by Gasteiger charge is -2.34. The maximum absolute atomic E-state index is 13.8. The van der Waals surface area contributed by atoms with E-state index in [0.29, 0.717) is 6.08 Å². The minimum absolute atomic E-state index is 0.0363. The number of fused-ring (bicyclic) bond motifs is 1. The maximum Gasteiger partial charge on any atom is 0.465 e. The molecule has 18 heavy (non-hydrogen) atoms. The lowest BCUT2D eigenvalue weighted by atomic mass is 9.99. The molecular weight excluding hydrogens is 256 g/mol. The number of hydrogen-bond donors (Lipinski definition) is 0.